The summed E-state index contributed by atoms with van der Waals surface area (Å²) >= 11 is 3.32. The average molecular weight is 395 g/mol. The number of esters is 1. The Morgan fingerprint density at radius 2 is 2.17 bits per heavy atom. The summed E-state index contributed by atoms with van der Waals surface area (Å²) in [6.07, 6.45) is 2.94. The molecule has 1 fully saturated rings. The van der Waals surface area contributed by atoms with Crippen LogP contribution >= 0.6 is 15.9 Å². The summed E-state index contributed by atoms with van der Waals surface area (Å²) in [5.41, 5.74) is 6.62. The van der Waals surface area contributed by atoms with Crippen LogP contribution in [0, 0.1) is 11.7 Å². The third-order valence-electron chi connectivity index (χ3n) is 3.88. The highest BCUT2D eigenvalue weighted by atomic mass is 79.9. The number of methoxy groups -OCH3 is 1. The van der Waals surface area contributed by atoms with Crippen molar-refractivity contribution in [1.29, 1.82) is 0 Å². The van der Waals surface area contributed by atoms with Gasteiger partial charge in [-0.1, -0.05) is 0 Å². The lowest BCUT2D eigenvalue weighted by molar-refractivity contribution is 0.0593. The summed E-state index contributed by atoms with van der Waals surface area (Å²) in [5, 5.41) is 0. The van der Waals surface area contributed by atoms with Crippen molar-refractivity contribution in [2.45, 2.75) is 18.9 Å². The third-order valence-corrected chi connectivity index (χ3v) is 4.31. The lowest BCUT2D eigenvalue weighted by Gasteiger charge is -2.22. The Hall–Kier alpha value is -2.15. The number of hydrogen-bond acceptors (Lipinski definition) is 5. The van der Waals surface area contributed by atoms with E-state index >= 15 is 0 Å². The molecule has 1 aliphatic rings. The number of anilines is 1. The average Bonchev–Trinajstić information content (AvgIpc) is 3.39. The first-order valence-corrected chi connectivity index (χ1v) is 8.24. The molecule has 1 unspecified atom stereocenters. The predicted octanol–water partition coefficient (Wildman–Crippen LogP) is 3.88. The maximum absolute atomic E-state index is 13.8. The minimum Gasteiger partial charge on any atom is -0.482 e. The quantitative estimate of drug-likeness (QED) is 0.778. The fraction of sp³-hybridized carbons (Fsp3) is 0.294. The van der Waals surface area contributed by atoms with E-state index in [0.29, 0.717) is 15.8 Å². The van der Waals surface area contributed by atoms with Gasteiger partial charge in [-0.15, -0.1) is 0 Å². The number of nitrogens with two attached hydrogens (primary N) is 1. The van der Waals surface area contributed by atoms with E-state index in [1.54, 1.807) is 12.3 Å². The fourth-order valence-electron chi connectivity index (χ4n) is 2.54. The Morgan fingerprint density at radius 1 is 1.42 bits per heavy atom. The molecule has 0 saturated heterocycles. The molecule has 1 aliphatic carbocycles. The highest BCUT2D eigenvalue weighted by molar-refractivity contribution is 9.10. The number of hydrogen-bond donors (Lipinski definition) is 1. The number of carbonyl (C=O) groups excluding carboxylic acids is 1. The number of halogens is 2. The largest absolute Gasteiger partial charge is 0.482 e. The van der Waals surface area contributed by atoms with E-state index in [9.17, 15) is 9.18 Å². The molecule has 2 N–H and O–H groups in total. The van der Waals surface area contributed by atoms with Gasteiger partial charge >= 0.3 is 5.97 Å². The lowest BCUT2D eigenvalue weighted by Crippen LogP contribution is -2.17. The maximum Gasteiger partial charge on any atom is 0.338 e. The molecule has 7 heteroatoms. The van der Waals surface area contributed by atoms with E-state index in [0.717, 1.165) is 12.8 Å². The Morgan fingerprint density at radius 3 is 2.83 bits per heavy atom. The normalized spacial score (nSPS) is 15.0. The van der Waals surface area contributed by atoms with Gasteiger partial charge in [-0.2, -0.15) is 0 Å². The predicted molar refractivity (Wildman–Crippen MR) is 90.2 cm³/mol. The van der Waals surface area contributed by atoms with Gasteiger partial charge in [-0.25, -0.2) is 14.2 Å². The van der Waals surface area contributed by atoms with Crippen LogP contribution in [0.5, 0.6) is 5.75 Å². The van der Waals surface area contributed by atoms with Crippen LogP contribution in [0.25, 0.3) is 0 Å². The van der Waals surface area contributed by atoms with Crippen molar-refractivity contribution in [3.63, 3.8) is 0 Å². The van der Waals surface area contributed by atoms with Crippen molar-refractivity contribution in [3.05, 3.63) is 51.9 Å². The molecule has 126 valence electrons. The molecule has 0 spiro atoms. The smallest absolute Gasteiger partial charge is 0.338 e. The first kappa shape index (κ1) is 16.7. The summed E-state index contributed by atoms with van der Waals surface area (Å²) in [4.78, 5) is 16.1. The van der Waals surface area contributed by atoms with Gasteiger partial charge in [0.15, 0.2) is 11.6 Å². The third kappa shape index (κ3) is 3.51. The molecular formula is C17H16BrFN2O3. The second-order valence-corrected chi connectivity index (χ2v) is 6.55. The zero-order chi connectivity index (χ0) is 17.3. The first-order valence-electron chi connectivity index (χ1n) is 7.45. The van der Waals surface area contributed by atoms with Gasteiger partial charge in [0, 0.05) is 22.2 Å². The van der Waals surface area contributed by atoms with Crippen molar-refractivity contribution in [2.24, 2.45) is 5.92 Å². The zero-order valence-corrected chi connectivity index (χ0v) is 14.5. The minimum atomic E-state index is -0.528. The highest BCUT2D eigenvalue weighted by Gasteiger charge is 2.37. The molecule has 1 atom stereocenters. The van der Waals surface area contributed by atoms with Gasteiger partial charge in [0.2, 0.25) is 0 Å². The molecule has 1 aromatic carbocycles. The molecule has 0 amide bonds. The van der Waals surface area contributed by atoms with Crippen molar-refractivity contribution in [1.82, 2.24) is 4.98 Å². The Bertz CT molecular complexity index is 780. The van der Waals surface area contributed by atoms with Gasteiger partial charge in [0.1, 0.15) is 11.9 Å². The molecule has 0 aliphatic heterocycles. The first-order chi connectivity index (χ1) is 11.5. The number of ether oxygens (including phenoxy) is 2. The Labute approximate surface area is 147 Å². The molecule has 1 saturated carbocycles. The number of pyridine rings is 1. The van der Waals surface area contributed by atoms with E-state index in [2.05, 4.69) is 20.9 Å². The summed E-state index contributed by atoms with van der Waals surface area (Å²) < 4.78 is 25.3. The van der Waals surface area contributed by atoms with Crippen LogP contribution < -0.4 is 10.5 Å². The molecule has 2 aromatic rings. The summed E-state index contributed by atoms with van der Waals surface area (Å²) in [6, 6.07) is 5.66. The van der Waals surface area contributed by atoms with Crippen LogP contribution in [-0.2, 0) is 4.74 Å². The van der Waals surface area contributed by atoms with Crippen molar-refractivity contribution >= 4 is 27.7 Å². The minimum absolute atomic E-state index is 0.189. The number of nitrogens with zero attached hydrogens (tertiary/aromatic N) is 1. The van der Waals surface area contributed by atoms with E-state index < -0.39 is 17.9 Å². The SMILES string of the molecule is COC(=O)c1ccc(F)cc1C(Oc1cc(Br)cnc1N)C1CC1. The molecule has 3 rings (SSSR count). The van der Waals surface area contributed by atoms with E-state index in [4.69, 9.17) is 15.2 Å². The Balaban J connectivity index is 2.01. The van der Waals surface area contributed by atoms with Gasteiger partial charge in [-0.3, -0.25) is 0 Å². The van der Waals surface area contributed by atoms with Crippen molar-refractivity contribution < 1.29 is 18.7 Å². The number of nitrogen functional groups attached to an aromatic ring is 1. The second kappa shape index (κ2) is 6.76. The van der Waals surface area contributed by atoms with E-state index in [-0.39, 0.29) is 17.3 Å². The van der Waals surface area contributed by atoms with Crippen LogP contribution in [0.1, 0.15) is 34.9 Å². The molecule has 0 bridgehead atoms. The van der Waals surface area contributed by atoms with E-state index in [1.165, 1.54) is 25.3 Å². The lowest BCUT2D eigenvalue weighted by atomic mass is 9.98. The summed E-state index contributed by atoms with van der Waals surface area (Å²) in [5.74, 6) is -0.151. The summed E-state index contributed by atoms with van der Waals surface area (Å²) in [7, 11) is 1.29. The molecule has 24 heavy (non-hydrogen) atoms. The van der Waals surface area contributed by atoms with Crippen LogP contribution in [0.2, 0.25) is 0 Å². The van der Waals surface area contributed by atoms with E-state index in [1.807, 2.05) is 0 Å². The van der Waals surface area contributed by atoms with Crippen molar-refractivity contribution in [2.75, 3.05) is 12.8 Å². The highest BCUT2D eigenvalue weighted by Crippen LogP contribution is 2.45. The fourth-order valence-corrected chi connectivity index (χ4v) is 2.85. The van der Waals surface area contributed by atoms with Crippen LogP contribution in [0.3, 0.4) is 0 Å². The second-order valence-electron chi connectivity index (χ2n) is 5.64. The molecule has 5 nitrogen and oxygen atoms in total. The topological polar surface area (TPSA) is 74.4 Å². The van der Waals surface area contributed by atoms with Crippen LogP contribution in [0.4, 0.5) is 10.2 Å². The zero-order valence-electron chi connectivity index (χ0n) is 13.0. The molecule has 1 aromatic heterocycles. The summed E-state index contributed by atoms with van der Waals surface area (Å²) in [6.45, 7) is 0. The number of benzene rings is 1. The maximum atomic E-state index is 13.8. The molecule has 0 radical (unpaired) electrons. The molecular weight excluding hydrogens is 379 g/mol. The van der Waals surface area contributed by atoms with Gasteiger partial charge in [-0.05, 0) is 53.0 Å². The number of carbonyl (C=O) groups is 1. The van der Waals surface area contributed by atoms with Crippen molar-refractivity contribution in [3.8, 4) is 5.75 Å². The monoisotopic (exact) mass is 394 g/mol. The van der Waals surface area contributed by atoms with Gasteiger partial charge in [0.25, 0.3) is 0 Å². The van der Waals surface area contributed by atoms with Gasteiger partial charge in [0.05, 0.1) is 12.7 Å². The molecule has 1 heterocycles. The van der Waals surface area contributed by atoms with Crippen LogP contribution in [-0.4, -0.2) is 18.1 Å². The Kier molecular flexibility index (Phi) is 4.71. The van der Waals surface area contributed by atoms with Crippen LogP contribution in [0.15, 0.2) is 34.9 Å². The standard InChI is InChI=1S/C17H16BrFN2O3/c1-23-17(22)12-5-4-11(19)7-13(12)15(9-2-3-9)24-14-6-10(18)8-21-16(14)20/h4-9,15H,2-3H2,1H3,(H2,20,21). The number of aromatic nitrogens is 1. The number of rotatable bonds is 5. The van der Waals surface area contributed by atoms with Gasteiger partial charge < -0.3 is 15.2 Å².